The lowest BCUT2D eigenvalue weighted by Crippen LogP contribution is -2.33. The van der Waals surface area contributed by atoms with Crippen LogP contribution >= 0.6 is 22.6 Å². The average molecular weight is 472 g/mol. The molecule has 0 aliphatic carbocycles. The van der Waals surface area contributed by atoms with Crippen LogP contribution in [0, 0.1) is 3.57 Å². The average Bonchev–Trinajstić information content (AvgIpc) is 2.90. The van der Waals surface area contributed by atoms with E-state index in [2.05, 4.69) is 38.2 Å². The monoisotopic (exact) mass is 472 g/mol. The van der Waals surface area contributed by atoms with Gasteiger partial charge >= 0.3 is 6.09 Å². The second-order valence-electron chi connectivity index (χ2n) is 7.03. The Morgan fingerprint density at radius 1 is 1.19 bits per heavy atom. The SMILES string of the molecule is CC(C)(C)OC(=O)NCCCCCC(=O)Nc1cn2cc(I)ccc2n1. The van der Waals surface area contributed by atoms with Crippen molar-refractivity contribution in [3.8, 4) is 0 Å². The van der Waals surface area contributed by atoms with Gasteiger partial charge in [-0.2, -0.15) is 0 Å². The number of aromatic nitrogens is 2. The minimum absolute atomic E-state index is 0.0526. The van der Waals surface area contributed by atoms with E-state index < -0.39 is 11.7 Å². The standard InChI is InChI=1S/C18H25IN4O3/c1-18(2,3)26-17(25)20-10-6-4-5-7-16(24)22-14-12-23-11-13(19)8-9-15(23)21-14/h8-9,11-12H,4-7,10H2,1-3H3,(H,20,25)(H,22,24). The molecule has 0 aliphatic rings. The summed E-state index contributed by atoms with van der Waals surface area (Å²) in [7, 11) is 0. The smallest absolute Gasteiger partial charge is 0.407 e. The Kier molecular flexibility index (Phi) is 7.24. The molecule has 0 fully saturated rings. The van der Waals surface area contributed by atoms with Gasteiger partial charge in [-0.3, -0.25) is 4.79 Å². The molecule has 0 atom stereocenters. The highest BCUT2D eigenvalue weighted by Crippen LogP contribution is 2.13. The van der Waals surface area contributed by atoms with Gasteiger partial charge in [0.05, 0.1) is 6.20 Å². The van der Waals surface area contributed by atoms with Crippen LogP contribution in [0.3, 0.4) is 0 Å². The van der Waals surface area contributed by atoms with Crippen molar-refractivity contribution in [1.29, 1.82) is 0 Å². The fourth-order valence-electron chi connectivity index (χ4n) is 2.32. The van der Waals surface area contributed by atoms with Crippen LogP contribution in [0.2, 0.25) is 0 Å². The Hall–Kier alpha value is -1.84. The summed E-state index contributed by atoms with van der Waals surface area (Å²) in [4.78, 5) is 27.9. The summed E-state index contributed by atoms with van der Waals surface area (Å²) in [6.07, 6.45) is 6.20. The van der Waals surface area contributed by atoms with Crippen LogP contribution in [0.4, 0.5) is 10.6 Å². The normalized spacial score (nSPS) is 11.4. The van der Waals surface area contributed by atoms with Crippen molar-refractivity contribution in [1.82, 2.24) is 14.7 Å². The molecule has 2 rings (SSSR count). The molecule has 0 saturated carbocycles. The fraction of sp³-hybridized carbons (Fsp3) is 0.500. The summed E-state index contributed by atoms with van der Waals surface area (Å²) in [5.74, 6) is 0.506. The maximum atomic E-state index is 12.0. The van der Waals surface area contributed by atoms with E-state index in [4.69, 9.17) is 4.74 Å². The van der Waals surface area contributed by atoms with Crippen molar-refractivity contribution in [3.63, 3.8) is 0 Å². The molecule has 142 valence electrons. The van der Waals surface area contributed by atoms with Gasteiger partial charge in [0.2, 0.25) is 5.91 Å². The Morgan fingerprint density at radius 3 is 2.69 bits per heavy atom. The van der Waals surface area contributed by atoms with Gasteiger partial charge in [-0.05, 0) is 68.3 Å². The Labute approximate surface area is 167 Å². The van der Waals surface area contributed by atoms with Crippen molar-refractivity contribution in [2.75, 3.05) is 11.9 Å². The summed E-state index contributed by atoms with van der Waals surface area (Å²) < 4.78 is 8.15. The van der Waals surface area contributed by atoms with Gasteiger partial charge in [0, 0.05) is 22.7 Å². The molecular weight excluding hydrogens is 447 g/mol. The number of pyridine rings is 1. The molecule has 2 heterocycles. The van der Waals surface area contributed by atoms with Gasteiger partial charge in [0.15, 0.2) is 5.82 Å². The van der Waals surface area contributed by atoms with Crippen LogP contribution in [0.5, 0.6) is 0 Å². The third-order valence-electron chi connectivity index (χ3n) is 3.43. The Morgan fingerprint density at radius 2 is 1.96 bits per heavy atom. The minimum Gasteiger partial charge on any atom is -0.444 e. The molecular formula is C18H25IN4O3. The van der Waals surface area contributed by atoms with Gasteiger partial charge in [-0.25, -0.2) is 9.78 Å². The first kappa shape index (κ1) is 20.5. The summed E-state index contributed by atoms with van der Waals surface area (Å²) >= 11 is 2.23. The third-order valence-corrected chi connectivity index (χ3v) is 4.07. The largest absolute Gasteiger partial charge is 0.444 e. The van der Waals surface area contributed by atoms with Crippen LogP contribution in [0.25, 0.3) is 5.65 Å². The molecule has 2 aromatic rings. The van der Waals surface area contributed by atoms with Crippen LogP contribution in [-0.2, 0) is 9.53 Å². The zero-order chi connectivity index (χ0) is 19.2. The minimum atomic E-state index is -0.488. The fourth-order valence-corrected chi connectivity index (χ4v) is 2.80. The number of rotatable bonds is 7. The number of carbonyl (C=O) groups excluding carboxylic acids is 2. The first-order chi connectivity index (χ1) is 12.2. The number of alkyl carbamates (subject to hydrolysis) is 1. The molecule has 26 heavy (non-hydrogen) atoms. The highest BCUT2D eigenvalue weighted by atomic mass is 127. The third kappa shape index (κ3) is 7.19. The lowest BCUT2D eigenvalue weighted by Gasteiger charge is -2.19. The van der Waals surface area contributed by atoms with E-state index in [1.807, 2.05) is 43.5 Å². The number of anilines is 1. The van der Waals surface area contributed by atoms with Crippen LogP contribution in [0.15, 0.2) is 24.5 Å². The van der Waals surface area contributed by atoms with E-state index in [1.54, 1.807) is 6.20 Å². The molecule has 2 amide bonds. The number of nitrogens with zero attached hydrogens (tertiary/aromatic N) is 2. The summed E-state index contributed by atoms with van der Waals surface area (Å²) in [5, 5.41) is 5.53. The maximum absolute atomic E-state index is 12.0. The van der Waals surface area contributed by atoms with E-state index in [0.717, 1.165) is 28.5 Å². The zero-order valence-electron chi connectivity index (χ0n) is 15.3. The second kappa shape index (κ2) is 9.20. The van der Waals surface area contributed by atoms with E-state index in [-0.39, 0.29) is 5.91 Å². The van der Waals surface area contributed by atoms with E-state index in [9.17, 15) is 9.59 Å². The number of ether oxygens (including phenoxy) is 1. The highest BCUT2D eigenvalue weighted by Gasteiger charge is 2.15. The molecule has 0 radical (unpaired) electrons. The summed E-state index contributed by atoms with van der Waals surface area (Å²) in [6.45, 7) is 6.03. The van der Waals surface area contributed by atoms with Gasteiger partial charge in [0.25, 0.3) is 0 Å². The molecule has 8 heteroatoms. The molecule has 0 aliphatic heterocycles. The number of unbranched alkanes of at least 4 members (excludes halogenated alkanes) is 2. The van der Waals surface area contributed by atoms with Crippen LogP contribution < -0.4 is 10.6 Å². The Balaban J connectivity index is 1.62. The van der Waals surface area contributed by atoms with Crippen molar-refractivity contribution in [3.05, 3.63) is 28.1 Å². The molecule has 0 saturated heterocycles. The number of fused-ring (bicyclic) bond motifs is 1. The van der Waals surface area contributed by atoms with E-state index in [0.29, 0.717) is 18.8 Å². The number of hydrogen-bond donors (Lipinski definition) is 2. The maximum Gasteiger partial charge on any atom is 0.407 e. The summed E-state index contributed by atoms with van der Waals surface area (Å²) in [5.41, 5.74) is 0.312. The van der Waals surface area contributed by atoms with Crippen molar-refractivity contribution in [2.24, 2.45) is 0 Å². The number of nitrogens with one attached hydrogen (secondary N) is 2. The van der Waals surface area contributed by atoms with E-state index >= 15 is 0 Å². The first-order valence-electron chi connectivity index (χ1n) is 8.64. The van der Waals surface area contributed by atoms with Gasteiger partial charge in [-0.1, -0.05) is 6.42 Å². The van der Waals surface area contributed by atoms with Crippen molar-refractivity contribution >= 4 is 46.1 Å². The number of amides is 2. The second-order valence-corrected chi connectivity index (χ2v) is 8.27. The first-order valence-corrected chi connectivity index (χ1v) is 9.72. The molecule has 2 N–H and O–H groups in total. The molecule has 0 spiro atoms. The van der Waals surface area contributed by atoms with Gasteiger partial charge < -0.3 is 19.8 Å². The van der Waals surface area contributed by atoms with Crippen molar-refractivity contribution < 1.29 is 14.3 Å². The van der Waals surface area contributed by atoms with Crippen LogP contribution in [0.1, 0.15) is 46.5 Å². The zero-order valence-corrected chi connectivity index (χ0v) is 17.5. The molecule has 2 aromatic heterocycles. The van der Waals surface area contributed by atoms with Gasteiger partial charge in [-0.15, -0.1) is 0 Å². The number of halogens is 1. The molecule has 0 aromatic carbocycles. The Bertz CT molecular complexity index is 767. The highest BCUT2D eigenvalue weighted by molar-refractivity contribution is 14.1. The summed E-state index contributed by atoms with van der Waals surface area (Å²) in [6, 6.07) is 3.88. The number of imidazole rings is 1. The van der Waals surface area contributed by atoms with Gasteiger partial charge in [0.1, 0.15) is 11.2 Å². The quantitative estimate of drug-likeness (QED) is 0.472. The molecule has 0 unspecified atom stereocenters. The lowest BCUT2D eigenvalue weighted by molar-refractivity contribution is -0.116. The topological polar surface area (TPSA) is 84.7 Å². The molecule has 7 nitrogen and oxygen atoms in total. The molecule has 0 bridgehead atoms. The van der Waals surface area contributed by atoms with Crippen molar-refractivity contribution in [2.45, 2.75) is 52.1 Å². The predicted molar refractivity (Wildman–Crippen MR) is 109 cm³/mol. The predicted octanol–water partition coefficient (Wildman–Crippen LogP) is 3.96. The number of carbonyl (C=O) groups is 2. The van der Waals surface area contributed by atoms with Crippen LogP contribution in [-0.4, -0.2) is 33.5 Å². The number of hydrogen-bond acceptors (Lipinski definition) is 4. The van der Waals surface area contributed by atoms with E-state index in [1.165, 1.54) is 0 Å². The lowest BCUT2D eigenvalue weighted by atomic mass is 10.2.